The molecule has 0 saturated carbocycles. The Hall–Kier alpha value is -2.77. The van der Waals surface area contributed by atoms with E-state index in [4.69, 9.17) is 16.3 Å². The highest BCUT2D eigenvalue weighted by Crippen LogP contribution is 2.24. The zero-order chi connectivity index (χ0) is 26.3. The van der Waals surface area contributed by atoms with Crippen molar-refractivity contribution in [2.45, 2.75) is 51.4 Å². The molecule has 1 unspecified atom stereocenters. The van der Waals surface area contributed by atoms with Crippen LogP contribution in [0.5, 0.6) is 0 Å². The van der Waals surface area contributed by atoms with Gasteiger partial charge in [0.25, 0.3) is 0 Å². The molecule has 0 aliphatic carbocycles. The van der Waals surface area contributed by atoms with Gasteiger partial charge >= 0.3 is 5.97 Å². The zero-order valence-corrected chi connectivity index (χ0v) is 21.6. The predicted octanol–water partition coefficient (Wildman–Crippen LogP) is 5.76. The predicted molar refractivity (Wildman–Crippen MR) is 141 cm³/mol. The van der Waals surface area contributed by atoms with Gasteiger partial charge in [-0.25, -0.2) is 9.18 Å². The number of benzene rings is 3. The lowest BCUT2D eigenvalue weighted by molar-refractivity contribution is -0.00290. The Balaban J connectivity index is 1.54. The number of hydrogen-bond acceptors (Lipinski definition) is 4. The van der Waals surface area contributed by atoms with E-state index >= 15 is 0 Å². The summed E-state index contributed by atoms with van der Waals surface area (Å²) in [5.41, 5.74) is 2.94. The Labute approximate surface area is 216 Å². The number of carbonyl (C=O) groups is 1. The highest BCUT2D eigenvalue weighted by atomic mass is 35.5. The van der Waals surface area contributed by atoms with Crippen molar-refractivity contribution in [1.29, 1.82) is 0 Å². The van der Waals surface area contributed by atoms with E-state index in [0.717, 1.165) is 11.1 Å². The number of carboxylic acid groups (broad SMARTS) is 1. The molecule has 2 atom stereocenters. The lowest BCUT2D eigenvalue weighted by atomic mass is 9.94. The molecular formula is C29H33ClFNO4. The highest BCUT2D eigenvalue weighted by molar-refractivity contribution is 6.30. The molecule has 0 fully saturated rings. The van der Waals surface area contributed by atoms with E-state index in [-0.39, 0.29) is 30.6 Å². The van der Waals surface area contributed by atoms with Gasteiger partial charge in [-0.2, -0.15) is 0 Å². The van der Waals surface area contributed by atoms with Crippen LogP contribution in [0, 0.1) is 5.82 Å². The molecule has 0 saturated heterocycles. The topological polar surface area (TPSA) is 78.8 Å². The monoisotopic (exact) mass is 513 g/mol. The number of halogens is 2. The third-order valence-electron chi connectivity index (χ3n) is 5.99. The average Bonchev–Trinajstić information content (AvgIpc) is 2.83. The minimum Gasteiger partial charge on any atom is -0.478 e. The molecule has 3 N–H and O–H groups in total. The number of aliphatic hydroxyl groups excluding tert-OH is 1. The largest absolute Gasteiger partial charge is 0.478 e. The van der Waals surface area contributed by atoms with Crippen LogP contribution < -0.4 is 5.32 Å². The summed E-state index contributed by atoms with van der Waals surface area (Å²) in [6.07, 6.45) is -0.268. The van der Waals surface area contributed by atoms with Crippen LogP contribution >= 0.6 is 11.6 Å². The second kappa shape index (κ2) is 12.5. The number of β-amino-alcohol motifs (C(OH)–C–C–N with tert-alkyl or cyclic N) is 1. The molecule has 36 heavy (non-hydrogen) atoms. The molecular weight excluding hydrogens is 481 g/mol. The molecule has 5 nitrogen and oxygen atoms in total. The van der Waals surface area contributed by atoms with Crippen molar-refractivity contribution >= 4 is 17.6 Å². The Kier molecular flexibility index (Phi) is 9.63. The van der Waals surface area contributed by atoms with Crippen molar-refractivity contribution < 1.29 is 24.1 Å². The number of aromatic carboxylic acids is 1. The molecule has 0 heterocycles. The van der Waals surface area contributed by atoms with Crippen molar-refractivity contribution in [2.75, 3.05) is 13.2 Å². The van der Waals surface area contributed by atoms with Gasteiger partial charge in [0, 0.05) is 17.1 Å². The summed E-state index contributed by atoms with van der Waals surface area (Å²) in [6, 6.07) is 19.7. The van der Waals surface area contributed by atoms with Gasteiger partial charge in [-0.1, -0.05) is 60.1 Å². The summed E-state index contributed by atoms with van der Waals surface area (Å²) in [7, 11) is 0. The van der Waals surface area contributed by atoms with E-state index in [0.29, 0.717) is 29.0 Å². The van der Waals surface area contributed by atoms with Gasteiger partial charge in [0.05, 0.1) is 24.4 Å². The first-order valence-electron chi connectivity index (χ1n) is 11.9. The summed E-state index contributed by atoms with van der Waals surface area (Å²) in [5.74, 6) is -1.34. The van der Waals surface area contributed by atoms with Crippen LogP contribution in [-0.2, 0) is 17.6 Å². The molecule has 192 valence electrons. The average molecular weight is 514 g/mol. The lowest BCUT2D eigenvalue weighted by Crippen LogP contribution is -2.46. The minimum atomic E-state index is -0.986. The third kappa shape index (κ3) is 8.14. The summed E-state index contributed by atoms with van der Waals surface area (Å²) in [4.78, 5) is 11.7. The van der Waals surface area contributed by atoms with Crippen molar-refractivity contribution in [1.82, 2.24) is 5.32 Å². The lowest BCUT2D eigenvalue weighted by Gasteiger charge is -2.28. The molecule has 0 aromatic heterocycles. The maximum Gasteiger partial charge on any atom is 0.335 e. The van der Waals surface area contributed by atoms with Crippen LogP contribution in [0.3, 0.4) is 0 Å². The van der Waals surface area contributed by atoms with E-state index in [1.165, 1.54) is 6.07 Å². The SMILES string of the molecule is CC(Cc1cc(-c2ccccc2)ccc1C(=O)O)OC[C@H](O)CNC(C)(C)Cc1ccc(Cl)cc1F. The first-order chi connectivity index (χ1) is 17.0. The van der Waals surface area contributed by atoms with Crippen molar-refractivity contribution in [3.63, 3.8) is 0 Å². The van der Waals surface area contributed by atoms with Gasteiger partial charge < -0.3 is 20.3 Å². The van der Waals surface area contributed by atoms with E-state index < -0.39 is 17.6 Å². The molecule has 0 aliphatic heterocycles. The Bertz CT molecular complexity index is 1170. The Morgan fingerprint density at radius 2 is 1.78 bits per heavy atom. The van der Waals surface area contributed by atoms with Gasteiger partial charge in [-0.15, -0.1) is 0 Å². The van der Waals surface area contributed by atoms with Crippen LogP contribution in [-0.4, -0.2) is 47.1 Å². The van der Waals surface area contributed by atoms with E-state index in [9.17, 15) is 19.4 Å². The standard InChI is InChI=1S/C29H33ClFNO4/c1-19(13-23-14-21(10-12-26(23)28(34)35)20-7-5-4-6-8-20)36-18-25(33)17-32-29(2,3)16-22-9-11-24(30)15-27(22)31/h4-12,14-15,19,25,32-33H,13,16-18H2,1-3H3,(H,34,35)/t19?,25-/m1/s1. The van der Waals surface area contributed by atoms with E-state index in [1.807, 2.05) is 57.2 Å². The minimum absolute atomic E-state index is 0.0837. The molecule has 7 heteroatoms. The van der Waals surface area contributed by atoms with E-state index in [1.54, 1.807) is 24.3 Å². The summed E-state index contributed by atoms with van der Waals surface area (Å²) in [6.45, 7) is 6.07. The van der Waals surface area contributed by atoms with Crippen molar-refractivity contribution in [2.24, 2.45) is 0 Å². The molecule has 0 amide bonds. The molecule has 3 rings (SSSR count). The molecule has 3 aromatic carbocycles. The van der Waals surface area contributed by atoms with Crippen LogP contribution in [0.2, 0.25) is 5.02 Å². The van der Waals surface area contributed by atoms with Gasteiger partial charge in [-0.05, 0) is 74.1 Å². The van der Waals surface area contributed by atoms with Gasteiger partial charge in [0.1, 0.15) is 5.82 Å². The van der Waals surface area contributed by atoms with Crippen LogP contribution in [0.15, 0.2) is 66.7 Å². The molecule has 0 aliphatic rings. The normalized spacial score (nSPS) is 13.4. The van der Waals surface area contributed by atoms with E-state index in [2.05, 4.69) is 5.32 Å². The fraction of sp³-hybridized carbons (Fsp3) is 0.345. The number of ether oxygens (including phenoxy) is 1. The summed E-state index contributed by atoms with van der Waals surface area (Å²) < 4.78 is 20.0. The van der Waals surface area contributed by atoms with Gasteiger partial charge in [-0.3, -0.25) is 0 Å². The third-order valence-corrected chi connectivity index (χ3v) is 6.22. The second-order valence-corrected chi connectivity index (χ2v) is 10.2. The maximum absolute atomic E-state index is 14.1. The van der Waals surface area contributed by atoms with Crippen LogP contribution in [0.4, 0.5) is 4.39 Å². The fourth-order valence-electron chi connectivity index (χ4n) is 4.08. The van der Waals surface area contributed by atoms with Crippen LogP contribution in [0.25, 0.3) is 11.1 Å². The first kappa shape index (κ1) is 27.8. The molecule has 3 aromatic rings. The fourth-order valence-corrected chi connectivity index (χ4v) is 4.24. The Morgan fingerprint density at radius 1 is 1.06 bits per heavy atom. The quantitative estimate of drug-likeness (QED) is 0.287. The van der Waals surface area contributed by atoms with Crippen molar-refractivity contribution in [3.05, 3.63) is 94.3 Å². The zero-order valence-electron chi connectivity index (χ0n) is 20.8. The van der Waals surface area contributed by atoms with Crippen molar-refractivity contribution in [3.8, 4) is 11.1 Å². The number of nitrogens with one attached hydrogen (secondary N) is 1. The smallest absolute Gasteiger partial charge is 0.335 e. The van der Waals surface area contributed by atoms with Crippen LogP contribution in [0.1, 0.15) is 42.3 Å². The number of hydrogen-bond donors (Lipinski definition) is 3. The first-order valence-corrected chi connectivity index (χ1v) is 12.3. The highest BCUT2D eigenvalue weighted by Gasteiger charge is 2.22. The summed E-state index contributed by atoms with van der Waals surface area (Å²) >= 11 is 5.83. The number of carboxylic acids is 1. The summed E-state index contributed by atoms with van der Waals surface area (Å²) in [5, 5.41) is 23.7. The number of aliphatic hydroxyl groups is 1. The number of rotatable bonds is 12. The molecule has 0 bridgehead atoms. The van der Waals surface area contributed by atoms with Gasteiger partial charge in [0.2, 0.25) is 0 Å². The maximum atomic E-state index is 14.1. The molecule has 0 radical (unpaired) electrons. The second-order valence-electron chi connectivity index (χ2n) is 9.72. The molecule has 0 spiro atoms. The Morgan fingerprint density at radius 3 is 2.44 bits per heavy atom. The van der Waals surface area contributed by atoms with Gasteiger partial charge in [0.15, 0.2) is 0 Å².